The first-order chi connectivity index (χ1) is 6.02. The summed E-state index contributed by atoms with van der Waals surface area (Å²) in [7, 11) is 0. The number of benzene rings is 1. The third-order valence-electron chi connectivity index (χ3n) is 1.94. The van der Waals surface area contributed by atoms with Gasteiger partial charge in [-0.05, 0) is 24.1 Å². The molecule has 1 aromatic carbocycles. The minimum atomic E-state index is -0.613. The summed E-state index contributed by atoms with van der Waals surface area (Å²) in [4.78, 5) is 0. The normalized spacial score (nSPS) is 13.3. The molecule has 0 amide bonds. The van der Waals surface area contributed by atoms with Crippen LogP contribution >= 0.6 is 15.9 Å². The van der Waals surface area contributed by atoms with Crippen molar-refractivity contribution in [3.63, 3.8) is 0 Å². The van der Waals surface area contributed by atoms with E-state index in [0.29, 0.717) is 5.56 Å². The van der Waals surface area contributed by atoms with Crippen LogP contribution in [0.3, 0.4) is 0 Å². The molecule has 0 bridgehead atoms. The molecular weight excluding hydrogens is 232 g/mol. The number of hydrogen-bond donors (Lipinski definition) is 2. The first-order valence-corrected chi connectivity index (χ1v) is 4.98. The average Bonchev–Trinajstić information content (AvgIpc) is 2.08. The van der Waals surface area contributed by atoms with Gasteiger partial charge in [0.2, 0.25) is 0 Å². The van der Waals surface area contributed by atoms with Gasteiger partial charge in [0.1, 0.15) is 5.75 Å². The molecule has 0 fully saturated rings. The summed E-state index contributed by atoms with van der Waals surface area (Å²) in [5.74, 6) is 0.240. The standard InChI is InChI=1S/C10H13BrO2/c1-6(2)10(13)8-5-7(11)3-4-9(8)12/h3-6,10,12-13H,1-2H3/t10-/m1/s1. The Hall–Kier alpha value is -0.540. The minimum absolute atomic E-state index is 0.0974. The van der Waals surface area contributed by atoms with Gasteiger partial charge in [-0.3, -0.25) is 0 Å². The van der Waals surface area contributed by atoms with E-state index < -0.39 is 6.10 Å². The van der Waals surface area contributed by atoms with E-state index in [2.05, 4.69) is 15.9 Å². The summed E-state index contributed by atoms with van der Waals surface area (Å²) in [6.45, 7) is 3.82. The van der Waals surface area contributed by atoms with Crippen LogP contribution in [0.5, 0.6) is 5.75 Å². The first-order valence-electron chi connectivity index (χ1n) is 4.19. The molecule has 1 rings (SSSR count). The van der Waals surface area contributed by atoms with E-state index >= 15 is 0 Å². The molecule has 1 atom stereocenters. The van der Waals surface area contributed by atoms with Gasteiger partial charge in [0.05, 0.1) is 6.10 Å². The highest BCUT2D eigenvalue weighted by molar-refractivity contribution is 9.10. The Kier molecular flexibility index (Phi) is 3.33. The van der Waals surface area contributed by atoms with Crippen molar-refractivity contribution in [3.05, 3.63) is 28.2 Å². The number of hydrogen-bond acceptors (Lipinski definition) is 2. The maximum atomic E-state index is 9.72. The third-order valence-corrected chi connectivity index (χ3v) is 2.43. The predicted octanol–water partition coefficient (Wildman–Crippen LogP) is 2.84. The van der Waals surface area contributed by atoms with Crippen LogP contribution in [0.2, 0.25) is 0 Å². The Bertz CT molecular complexity index is 297. The lowest BCUT2D eigenvalue weighted by atomic mass is 9.98. The fourth-order valence-corrected chi connectivity index (χ4v) is 1.50. The number of aliphatic hydroxyl groups excluding tert-OH is 1. The van der Waals surface area contributed by atoms with Gasteiger partial charge in [0, 0.05) is 10.0 Å². The molecule has 2 nitrogen and oxygen atoms in total. The Balaban J connectivity index is 3.05. The molecule has 0 aliphatic heterocycles. The Morgan fingerprint density at radius 1 is 1.31 bits per heavy atom. The van der Waals surface area contributed by atoms with Crippen molar-refractivity contribution < 1.29 is 10.2 Å². The lowest BCUT2D eigenvalue weighted by Gasteiger charge is -2.16. The molecule has 2 N–H and O–H groups in total. The summed E-state index contributed by atoms with van der Waals surface area (Å²) in [5.41, 5.74) is 0.573. The van der Waals surface area contributed by atoms with E-state index in [9.17, 15) is 10.2 Å². The molecule has 72 valence electrons. The molecule has 0 aromatic heterocycles. The fourth-order valence-electron chi connectivity index (χ4n) is 1.12. The van der Waals surface area contributed by atoms with E-state index in [4.69, 9.17) is 0 Å². The number of phenolic OH excluding ortho intramolecular Hbond substituents is 1. The molecule has 0 aliphatic carbocycles. The Morgan fingerprint density at radius 2 is 1.92 bits per heavy atom. The number of phenols is 1. The third kappa shape index (κ3) is 2.45. The number of halogens is 1. The monoisotopic (exact) mass is 244 g/mol. The van der Waals surface area contributed by atoms with Gasteiger partial charge in [0.15, 0.2) is 0 Å². The van der Waals surface area contributed by atoms with Crippen LogP contribution in [0.15, 0.2) is 22.7 Å². The SMILES string of the molecule is CC(C)[C@@H](O)c1cc(Br)ccc1O. The second kappa shape index (κ2) is 4.11. The highest BCUT2D eigenvalue weighted by Crippen LogP contribution is 2.31. The molecule has 1 aromatic rings. The van der Waals surface area contributed by atoms with Crippen LogP contribution < -0.4 is 0 Å². The van der Waals surface area contributed by atoms with E-state index in [1.165, 1.54) is 0 Å². The van der Waals surface area contributed by atoms with Crippen molar-refractivity contribution >= 4 is 15.9 Å². The van der Waals surface area contributed by atoms with Crippen molar-refractivity contribution in [2.24, 2.45) is 5.92 Å². The lowest BCUT2D eigenvalue weighted by molar-refractivity contribution is 0.124. The number of aliphatic hydroxyl groups is 1. The van der Waals surface area contributed by atoms with E-state index in [-0.39, 0.29) is 11.7 Å². The second-order valence-corrected chi connectivity index (χ2v) is 4.31. The zero-order chi connectivity index (χ0) is 10.0. The molecule has 3 heteroatoms. The number of rotatable bonds is 2. The Labute approximate surface area is 86.3 Å². The maximum absolute atomic E-state index is 9.72. The van der Waals surface area contributed by atoms with Gasteiger partial charge in [0.25, 0.3) is 0 Å². The fraction of sp³-hybridized carbons (Fsp3) is 0.400. The molecule has 0 saturated heterocycles. The van der Waals surface area contributed by atoms with Crippen molar-refractivity contribution in [2.45, 2.75) is 20.0 Å². The first kappa shape index (κ1) is 10.5. The smallest absolute Gasteiger partial charge is 0.121 e. The molecule has 0 spiro atoms. The zero-order valence-corrected chi connectivity index (χ0v) is 9.25. The lowest BCUT2D eigenvalue weighted by Crippen LogP contribution is -2.05. The van der Waals surface area contributed by atoms with Crippen molar-refractivity contribution in [2.75, 3.05) is 0 Å². The minimum Gasteiger partial charge on any atom is -0.508 e. The Morgan fingerprint density at radius 3 is 2.46 bits per heavy atom. The van der Waals surface area contributed by atoms with Crippen LogP contribution in [-0.4, -0.2) is 10.2 Å². The summed E-state index contributed by atoms with van der Waals surface area (Å²) in [5, 5.41) is 19.2. The van der Waals surface area contributed by atoms with E-state index in [0.717, 1.165) is 4.47 Å². The molecule has 0 radical (unpaired) electrons. The molecule has 0 aliphatic rings. The van der Waals surface area contributed by atoms with Gasteiger partial charge in [-0.1, -0.05) is 29.8 Å². The summed E-state index contributed by atoms with van der Waals surface area (Å²) in [6, 6.07) is 5.05. The highest BCUT2D eigenvalue weighted by atomic mass is 79.9. The van der Waals surface area contributed by atoms with Gasteiger partial charge >= 0.3 is 0 Å². The summed E-state index contributed by atoms with van der Waals surface area (Å²) < 4.78 is 0.861. The predicted molar refractivity (Wildman–Crippen MR) is 55.6 cm³/mol. The van der Waals surface area contributed by atoms with Crippen LogP contribution in [-0.2, 0) is 0 Å². The van der Waals surface area contributed by atoms with Gasteiger partial charge in [-0.15, -0.1) is 0 Å². The zero-order valence-electron chi connectivity index (χ0n) is 7.66. The van der Waals surface area contributed by atoms with Crippen molar-refractivity contribution in [1.29, 1.82) is 0 Å². The van der Waals surface area contributed by atoms with Crippen molar-refractivity contribution in [1.82, 2.24) is 0 Å². The van der Waals surface area contributed by atoms with Crippen LogP contribution in [0.25, 0.3) is 0 Å². The van der Waals surface area contributed by atoms with Crippen LogP contribution in [0.4, 0.5) is 0 Å². The van der Waals surface area contributed by atoms with Crippen LogP contribution in [0.1, 0.15) is 25.5 Å². The average molecular weight is 245 g/mol. The van der Waals surface area contributed by atoms with Gasteiger partial charge in [-0.2, -0.15) is 0 Å². The molecule has 0 heterocycles. The molecular formula is C10H13BrO2. The van der Waals surface area contributed by atoms with Gasteiger partial charge < -0.3 is 10.2 Å². The largest absolute Gasteiger partial charge is 0.508 e. The topological polar surface area (TPSA) is 40.5 Å². The molecule has 13 heavy (non-hydrogen) atoms. The van der Waals surface area contributed by atoms with E-state index in [1.807, 2.05) is 13.8 Å². The van der Waals surface area contributed by atoms with E-state index in [1.54, 1.807) is 18.2 Å². The van der Waals surface area contributed by atoms with Crippen LogP contribution in [0, 0.1) is 5.92 Å². The maximum Gasteiger partial charge on any atom is 0.121 e. The summed E-state index contributed by atoms with van der Waals surface area (Å²) in [6.07, 6.45) is -0.613. The van der Waals surface area contributed by atoms with Gasteiger partial charge in [-0.25, -0.2) is 0 Å². The van der Waals surface area contributed by atoms with Crippen molar-refractivity contribution in [3.8, 4) is 5.75 Å². The highest BCUT2D eigenvalue weighted by Gasteiger charge is 2.15. The summed E-state index contributed by atoms with van der Waals surface area (Å²) >= 11 is 3.29. The second-order valence-electron chi connectivity index (χ2n) is 3.39. The number of aromatic hydroxyl groups is 1. The molecule has 0 unspecified atom stereocenters. The quantitative estimate of drug-likeness (QED) is 0.841. The molecule has 0 saturated carbocycles.